The molecule has 0 atom stereocenters. The first-order valence-corrected chi connectivity index (χ1v) is 7.99. The normalized spacial score (nSPS) is 20.2. The maximum Gasteiger partial charge on any atom is 0.127 e. The SMILES string of the molecule is OC1(CNCC2=Cc3cc(Br)ccc3OC2)CCCC1. The third-order valence-corrected chi connectivity index (χ3v) is 4.58. The molecule has 3 rings (SSSR count). The number of ether oxygens (including phenoxy) is 1. The second-order valence-electron chi connectivity index (χ2n) is 5.81. The van der Waals surface area contributed by atoms with Crippen LogP contribution < -0.4 is 10.1 Å². The molecule has 1 aromatic carbocycles. The smallest absolute Gasteiger partial charge is 0.127 e. The van der Waals surface area contributed by atoms with Gasteiger partial charge in [0.2, 0.25) is 0 Å². The first kappa shape index (κ1) is 14.1. The summed E-state index contributed by atoms with van der Waals surface area (Å²) < 4.78 is 6.81. The summed E-state index contributed by atoms with van der Waals surface area (Å²) in [7, 11) is 0. The Bertz CT molecular complexity index is 521. The lowest BCUT2D eigenvalue weighted by atomic mass is 10.0. The predicted molar refractivity (Wildman–Crippen MR) is 83.9 cm³/mol. The number of halogens is 1. The summed E-state index contributed by atoms with van der Waals surface area (Å²) in [5.74, 6) is 0.936. The second-order valence-corrected chi connectivity index (χ2v) is 6.72. The van der Waals surface area contributed by atoms with Crippen LogP contribution in [0.3, 0.4) is 0 Å². The minimum Gasteiger partial charge on any atom is -0.489 e. The summed E-state index contributed by atoms with van der Waals surface area (Å²) >= 11 is 3.48. The van der Waals surface area contributed by atoms with Gasteiger partial charge < -0.3 is 15.2 Å². The minimum atomic E-state index is -0.489. The Morgan fingerprint density at radius 1 is 1.30 bits per heavy atom. The van der Waals surface area contributed by atoms with Gasteiger partial charge in [0.05, 0.1) is 5.60 Å². The molecule has 1 heterocycles. The Morgan fingerprint density at radius 2 is 2.10 bits per heavy atom. The molecule has 3 nitrogen and oxygen atoms in total. The molecular formula is C16H20BrNO2. The average Bonchev–Trinajstić information content (AvgIpc) is 2.85. The maximum atomic E-state index is 10.3. The Hall–Kier alpha value is -0.840. The van der Waals surface area contributed by atoms with Gasteiger partial charge in [0.1, 0.15) is 12.4 Å². The van der Waals surface area contributed by atoms with Crippen LogP contribution in [0.2, 0.25) is 0 Å². The van der Waals surface area contributed by atoms with E-state index < -0.39 is 5.60 Å². The van der Waals surface area contributed by atoms with E-state index in [0.717, 1.165) is 48.0 Å². The lowest BCUT2D eigenvalue weighted by Gasteiger charge is -2.24. The molecule has 4 heteroatoms. The minimum absolute atomic E-state index is 0.489. The van der Waals surface area contributed by atoms with Crippen molar-refractivity contribution in [2.24, 2.45) is 0 Å². The van der Waals surface area contributed by atoms with Crippen LogP contribution in [-0.2, 0) is 0 Å². The van der Waals surface area contributed by atoms with Gasteiger partial charge in [-0.05, 0) is 42.7 Å². The number of nitrogens with one attached hydrogen (secondary N) is 1. The average molecular weight is 338 g/mol. The molecule has 1 saturated carbocycles. The van der Waals surface area contributed by atoms with Crippen molar-refractivity contribution in [2.45, 2.75) is 31.3 Å². The number of hydrogen-bond acceptors (Lipinski definition) is 3. The molecule has 1 aromatic rings. The first-order chi connectivity index (χ1) is 9.65. The van der Waals surface area contributed by atoms with E-state index in [1.165, 1.54) is 5.57 Å². The lowest BCUT2D eigenvalue weighted by molar-refractivity contribution is 0.0485. The summed E-state index contributed by atoms with van der Waals surface area (Å²) in [6.07, 6.45) is 6.31. The molecule has 0 saturated heterocycles. The van der Waals surface area contributed by atoms with Crippen molar-refractivity contribution in [2.75, 3.05) is 19.7 Å². The third-order valence-electron chi connectivity index (χ3n) is 4.08. The second kappa shape index (κ2) is 5.88. The lowest BCUT2D eigenvalue weighted by Crippen LogP contribution is -2.39. The maximum absolute atomic E-state index is 10.3. The molecular weight excluding hydrogens is 318 g/mol. The fourth-order valence-corrected chi connectivity index (χ4v) is 3.34. The zero-order valence-corrected chi connectivity index (χ0v) is 13.1. The van der Waals surface area contributed by atoms with Gasteiger partial charge in [-0.2, -0.15) is 0 Å². The molecule has 2 aliphatic rings. The highest BCUT2D eigenvalue weighted by molar-refractivity contribution is 9.10. The Morgan fingerprint density at radius 3 is 2.90 bits per heavy atom. The summed E-state index contributed by atoms with van der Waals surface area (Å²) in [6.45, 7) is 2.07. The van der Waals surface area contributed by atoms with E-state index in [0.29, 0.717) is 13.2 Å². The van der Waals surface area contributed by atoms with Crippen LogP contribution >= 0.6 is 15.9 Å². The van der Waals surface area contributed by atoms with Gasteiger partial charge in [-0.25, -0.2) is 0 Å². The van der Waals surface area contributed by atoms with E-state index in [9.17, 15) is 5.11 Å². The Balaban J connectivity index is 1.58. The van der Waals surface area contributed by atoms with E-state index in [1.54, 1.807) is 0 Å². The Kier molecular flexibility index (Phi) is 4.15. The number of fused-ring (bicyclic) bond motifs is 1. The van der Waals surface area contributed by atoms with Gasteiger partial charge in [0.15, 0.2) is 0 Å². The van der Waals surface area contributed by atoms with E-state index >= 15 is 0 Å². The van der Waals surface area contributed by atoms with Crippen molar-refractivity contribution in [1.82, 2.24) is 5.32 Å². The molecule has 0 bridgehead atoms. The summed E-state index contributed by atoms with van der Waals surface area (Å²) in [6, 6.07) is 6.05. The molecule has 0 amide bonds. The van der Waals surface area contributed by atoms with E-state index in [4.69, 9.17) is 4.74 Å². The van der Waals surface area contributed by atoms with Crippen molar-refractivity contribution < 1.29 is 9.84 Å². The summed E-state index contributed by atoms with van der Waals surface area (Å²) in [5.41, 5.74) is 1.84. The van der Waals surface area contributed by atoms with Crippen molar-refractivity contribution in [3.8, 4) is 5.75 Å². The quantitative estimate of drug-likeness (QED) is 0.886. The van der Waals surface area contributed by atoms with Crippen LogP contribution in [0.5, 0.6) is 5.75 Å². The molecule has 0 aromatic heterocycles. The zero-order valence-electron chi connectivity index (χ0n) is 11.5. The number of rotatable bonds is 4. The molecule has 20 heavy (non-hydrogen) atoms. The van der Waals surface area contributed by atoms with Gasteiger partial charge in [-0.3, -0.25) is 0 Å². The van der Waals surface area contributed by atoms with Gasteiger partial charge >= 0.3 is 0 Å². The molecule has 1 fully saturated rings. The standard InChI is InChI=1S/C16H20BrNO2/c17-14-3-4-15-13(8-14)7-12(10-20-15)9-18-11-16(19)5-1-2-6-16/h3-4,7-8,18-19H,1-2,5-6,9-11H2. The van der Waals surface area contributed by atoms with E-state index in [1.807, 2.05) is 12.1 Å². The molecule has 0 unspecified atom stereocenters. The van der Waals surface area contributed by atoms with Gasteiger partial charge in [-0.15, -0.1) is 0 Å². The van der Waals surface area contributed by atoms with Gasteiger partial charge in [0.25, 0.3) is 0 Å². The predicted octanol–water partition coefficient (Wildman–Crippen LogP) is 3.12. The summed E-state index contributed by atoms with van der Waals surface area (Å²) in [5, 5.41) is 13.7. The fraction of sp³-hybridized carbons (Fsp3) is 0.500. The molecule has 108 valence electrons. The number of benzene rings is 1. The molecule has 1 aliphatic carbocycles. The van der Waals surface area contributed by atoms with Crippen molar-refractivity contribution in [3.05, 3.63) is 33.8 Å². The zero-order chi connectivity index (χ0) is 14.0. The van der Waals surface area contributed by atoms with E-state index in [-0.39, 0.29) is 0 Å². The third kappa shape index (κ3) is 3.25. The van der Waals surface area contributed by atoms with Gasteiger partial charge in [-0.1, -0.05) is 28.8 Å². The van der Waals surface area contributed by atoms with Crippen LogP contribution in [0.15, 0.2) is 28.2 Å². The van der Waals surface area contributed by atoms with Crippen LogP contribution in [0, 0.1) is 0 Å². The number of hydrogen-bond donors (Lipinski definition) is 2. The molecule has 0 spiro atoms. The van der Waals surface area contributed by atoms with Crippen molar-refractivity contribution in [3.63, 3.8) is 0 Å². The largest absolute Gasteiger partial charge is 0.489 e. The molecule has 2 N–H and O–H groups in total. The highest BCUT2D eigenvalue weighted by Gasteiger charge is 2.30. The van der Waals surface area contributed by atoms with Crippen LogP contribution in [0.1, 0.15) is 31.2 Å². The first-order valence-electron chi connectivity index (χ1n) is 7.20. The number of aliphatic hydroxyl groups is 1. The summed E-state index contributed by atoms with van der Waals surface area (Å²) in [4.78, 5) is 0. The van der Waals surface area contributed by atoms with Crippen LogP contribution in [0.4, 0.5) is 0 Å². The highest BCUT2D eigenvalue weighted by atomic mass is 79.9. The fourth-order valence-electron chi connectivity index (χ4n) is 2.96. The van der Waals surface area contributed by atoms with Crippen LogP contribution in [-0.4, -0.2) is 30.4 Å². The molecule has 0 radical (unpaired) electrons. The van der Waals surface area contributed by atoms with Crippen molar-refractivity contribution >= 4 is 22.0 Å². The van der Waals surface area contributed by atoms with Crippen molar-refractivity contribution in [1.29, 1.82) is 0 Å². The Labute approximate surface area is 128 Å². The van der Waals surface area contributed by atoms with E-state index in [2.05, 4.69) is 33.4 Å². The molecule has 1 aliphatic heterocycles. The monoisotopic (exact) mass is 337 g/mol. The topological polar surface area (TPSA) is 41.5 Å². The van der Waals surface area contributed by atoms with Gasteiger partial charge in [0, 0.05) is 23.1 Å². The highest BCUT2D eigenvalue weighted by Crippen LogP contribution is 2.30. The van der Waals surface area contributed by atoms with Crippen LogP contribution in [0.25, 0.3) is 6.08 Å².